The first-order valence-corrected chi connectivity index (χ1v) is 9.82. The Kier molecular flexibility index (Phi) is 5.52. The maximum atomic E-state index is 13.1. The Morgan fingerprint density at radius 3 is 2.43 bits per heavy atom. The third kappa shape index (κ3) is 3.66. The van der Waals surface area contributed by atoms with Gasteiger partial charge in [0.25, 0.3) is 11.8 Å². The van der Waals surface area contributed by atoms with Gasteiger partial charge in [0.2, 0.25) is 0 Å². The first kappa shape index (κ1) is 19.7. The minimum atomic E-state index is -0.394. The molecule has 0 saturated carbocycles. The molecule has 1 aliphatic heterocycles. The van der Waals surface area contributed by atoms with Crippen LogP contribution in [-0.2, 0) is 0 Å². The Morgan fingerprint density at radius 1 is 1.00 bits per heavy atom. The third-order valence-corrected chi connectivity index (χ3v) is 5.28. The van der Waals surface area contributed by atoms with E-state index in [1.54, 1.807) is 23.2 Å². The van der Waals surface area contributed by atoms with Crippen LogP contribution in [-0.4, -0.2) is 49.0 Å². The molecule has 0 bridgehead atoms. The van der Waals surface area contributed by atoms with Gasteiger partial charge >= 0.3 is 0 Å². The second kappa shape index (κ2) is 8.41. The lowest BCUT2D eigenvalue weighted by Gasteiger charge is -2.20. The van der Waals surface area contributed by atoms with E-state index in [0.717, 1.165) is 23.6 Å². The number of methoxy groups -OCH3 is 2. The zero-order valence-corrected chi connectivity index (χ0v) is 17.0. The molecule has 0 radical (unpaired) electrons. The van der Waals surface area contributed by atoms with Gasteiger partial charge in [0.05, 0.1) is 25.5 Å². The molecule has 3 aromatic rings. The van der Waals surface area contributed by atoms with E-state index in [-0.39, 0.29) is 5.91 Å². The molecular formula is C23H23N3O4. The molecule has 7 nitrogen and oxygen atoms in total. The molecule has 0 spiro atoms. The summed E-state index contributed by atoms with van der Waals surface area (Å²) in [5, 5.41) is 4.52. The first-order valence-electron chi connectivity index (χ1n) is 9.82. The normalized spacial score (nSPS) is 13.3. The summed E-state index contributed by atoms with van der Waals surface area (Å²) in [6.45, 7) is 1.40. The largest absolute Gasteiger partial charge is 0.493 e. The fourth-order valence-electron chi connectivity index (χ4n) is 3.73. The fraction of sp³-hybridized carbons (Fsp3) is 0.261. The molecule has 2 heterocycles. The molecule has 1 aromatic heterocycles. The Bertz CT molecular complexity index is 1100. The number of rotatable bonds is 5. The Balaban J connectivity index is 1.74. The predicted molar refractivity (Wildman–Crippen MR) is 114 cm³/mol. The Labute approximate surface area is 174 Å². The van der Waals surface area contributed by atoms with E-state index in [2.05, 4.69) is 10.3 Å². The van der Waals surface area contributed by atoms with Gasteiger partial charge in [-0.3, -0.25) is 14.6 Å². The lowest BCUT2D eigenvalue weighted by Crippen LogP contribution is -2.29. The van der Waals surface area contributed by atoms with E-state index in [9.17, 15) is 9.59 Å². The second-order valence-corrected chi connectivity index (χ2v) is 7.09. The molecule has 0 atom stereocenters. The number of fused-ring (bicyclic) bond motifs is 1. The van der Waals surface area contributed by atoms with Crippen molar-refractivity contribution in [2.45, 2.75) is 12.8 Å². The van der Waals surface area contributed by atoms with Gasteiger partial charge in [-0.2, -0.15) is 0 Å². The van der Waals surface area contributed by atoms with Gasteiger partial charge in [-0.25, -0.2) is 0 Å². The zero-order chi connectivity index (χ0) is 21.1. The van der Waals surface area contributed by atoms with E-state index in [0.29, 0.717) is 41.5 Å². The Morgan fingerprint density at radius 2 is 1.70 bits per heavy atom. The van der Waals surface area contributed by atoms with Gasteiger partial charge in [0.15, 0.2) is 11.5 Å². The second-order valence-electron chi connectivity index (χ2n) is 7.09. The van der Waals surface area contributed by atoms with E-state index in [1.807, 2.05) is 30.3 Å². The number of pyridine rings is 1. The summed E-state index contributed by atoms with van der Waals surface area (Å²) in [4.78, 5) is 32.3. The van der Waals surface area contributed by atoms with Crippen LogP contribution in [0.3, 0.4) is 0 Å². The van der Waals surface area contributed by atoms with Gasteiger partial charge in [-0.1, -0.05) is 24.3 Å². The van der Waals surface area contributed by atoms with Crippen LogP contribution in [0.4, 0.5) is 5.69 Å². The summed E-state index contributed by atoms with van der Waals surface area (Å²) in [6.07, 6.45) is 3.55. The molecule has 1 fully saturated rings. The first-order chi connectivity index (χ1) is 14.6. The number of ether oxygens (including phenoxy) is 2. The molecule has 1 aliphatic rings. The number of hydrogen-bond donors (Lipinski definition) is 1. The number of hydrogen-bond acceptors (Lipinski definition) is 5. The maximum Gasteiger partial charge on any atom is 0.274 e. The smallest absolute Gasteiger partial charge is 0.274 e. The molecule has 154 valence electrons. The van der Waals surface area contributed by atoms with Crippen LogP contribution in [0.1, 0.15) is 33.7 Å². The van der Waals surface area contributed by atoms with Crippen molar-refractivity contribution in [1.82, 2.24) is 9.88 Å². The Hall–Kier alpha value is -3.61. The van der Waals surface area contributed by atoms with Crippen LogP contribution < -0.4 is 14.8 Å². The van der Waals surface area contributed by atoms with E-state index < -0.39 is 5.91 Å². The minimum Gasteiger partial charge on any atom is -0.493 e. The summed E-state index contributed by atoms with van der Waals surface area (Å²) < 4.78 is 10.7. The average Bonchev–Trinajstić information content (AvgIpc) is 3.32. The van der Waals surface area contributed by atoms with Crippen molar-refractivity contribution in [3.63, 3.8) is 0 Å². The third-order valence-electron chi connectivity index (χ3n) is 5.28. The number of benzene rings is 2. The number of aromatic nitrogens is 1. The number of nitrogens with zero attached hydrogens (tertiary/aromatic N) is 2. The molecule has 1 saturated heterocycles. The highest BCUT2D eigenvalue weighted by Gasteiger charge is 2.25. The van der Waals surface area contributed by atoms with Crippen LogP contribution in [0, 0.1) is 0 Å². The standard InChI is InChI=1S/C23H23N3O4/c1-29-19-13-17(23(28)26-11-5-6-12-26)18(14-20(19)30-2)25-22(27)21-16-8-4-3-7-15(16)9-10-24-21/h3-4,7-10,13-14H,5-6,11-12H2,1-2H3,(H,25,27). The fourth-order valence-corrected chi connectivity index (χ4v) is 3.73. The molecule has 7 heteroatoms. The summed E-state index contributed by atoms with van der Waals surface area (Å²) in [7, 11) is 3.03. The topological polar surface area (TPSA) is 80.8 Å². The highest BCUT2D eigenvalue weighted by Crippen LogP contribution is 2.35. The van der Waals surface area contributed by atoms with Crippen molar-refractivity contribution >= 4 is 28.3 Å². The number of anilines is 1. The number of carbonyl (C=O) groups is 2. The van der Waals surface area contributed by atoms with E-state index in [4.69, 9.17) is 9.47 Å². The monoisotopic (exact) mass is 405 g/mol. The summed E-state index contributed by atoms with van der Waals surface area (Å²) in [5.74, 6) is 0.321. The van der Waals surface area contributed by atoms with Gasteiger partial charge in [0.1, 0.15) is 5.69 Å². The molecule has 0 aliphatic carbocycles. The van der Waals surface area contributed by atoms with Gasteiger partial charge < -0.3 is 19.7 Å². The maximum absolute atomic E-state index is 13.1. The molecular weight excluding hydrogens is 382 g/mol. The molecule has 2 aromatic carbocycles. The van der Waals surface area contributed by atoms with Gasteiger partial charge in [0, 0.05) is 30.7 Å². The highest BCUT2D eigenvalue weighted by atomic mass is 16.5. The van der Waals surface area contributed by atoms with Gasteiger partial charge in [-0.15, -0.1) is 0 Å². The average molecular weight is 405 g/mol. The van der Waals surface area contributed by atoms with Crippen LogP contribution >= 0.6 is 0 Å². The molecule has 4 rings (SSSR count). The van der Waals surface area contributed by atoms with Crippen molar-refractivity contribution in [1.29, 1.82) is 0 Å². The lowest BCUT2D eigenvalue weighted by molar-refractivity contribution is 0.0793. The molecule has 1 N–H and O–H groups in total. The summed E-state index contributed by atoms with van der Waals surface area (Å²) >= 11 is 0. The number of likely N-dealkylation sites (tertiary alicyclic amines) is 1. The van der Waals surface area contributed by atoms with Crippen molar-refractivity contribution in [3.8, 4) is 11.5 Å². The number of carbonyl (C=O) groups excluding carboxylic acids is 2. The zero-order valence-electron chi connectivity index (χ0n) is 17.0. The molecule has 0 unspecified atom stereocenters. The van der Waals surface area contributed by atoms with Crippen molar-refractivity contribution in [3.05, 3.63) is 59.9 Å². The SMILES string of the molecule is COc1cc(NC(=O)c2nccc3ccccc23)c(C(=O)N2CCCC2)cc1OC. The molecule has 30 heavy (non-hydrogen) atoms. The van der Waals surface area contributed by atoms with Crippen LogP contribution in [0.25, 0.3) is 10.8 Å². The van der Waals surface area contributed by atoms with Crippen molar-refractivity contribution in [2.75, 3.05) is 32.6 Å². The quantitative estimate of drug-likeness (QED) is 0.699. The van der Waals surface area contributed by atoms with Crippen molar-refractivity contribution < 1.29 is 19.1 Å². The lowest BCUT2D eigenvalue weighted by atomic mass is 10.1. The minimum absolute atomic E-state index is 0.144. The number of nitrogens with one attached hydrogen (secondary N) is 1. The van der Waals surface area contributed by atoms with Gasteiger partial charge in [-0.05, 0) is 30.4 Å². The summed E-state index contributed by atoms with van der Waals surface area (Å²) in [5.41, 5.74) is 1.02. The van der Waals surface area contributed by atoms with E-state index in [1.165, 1.54) is 14.2 Å². The van der Waals surface area contributed by atoms with Crippen LogP contribution in [0.2, 0.25) is 0 Å². The summed E-state index contributed by atoms with van der Waals surface area (Å²) in [6, 6.07) is 12.6. The van der Waals surface area contributed by atoms with Crippen LogP contribution in [0.15, 0.2) is 48.7 Å². The van der Waals surface area contributed by atoms with Crippen LogP contribution in [0.5, 0.6) is 11.5 Å². The number of amides is 2. The predicted octanol–water partition coefficient (Wildman–Crippen LogP) is 3.74. The molecule has 2 amide bonds. The van der Waals surface area contributed by atoms with Crippen molar-refractivity contribution in [2.24, 2.45) is 0 Å². The highest BCUT2D eigenvalue weighted by molar-refractivity contribution is 6.13. The van der Waals surface area contributed by atoms with E-state index >= 15 is 0 Å².